The van der Waals surface area contributed by atoms with Crippen molar-refractivity contribution < 1.29 is 22.4 Å². The molecule has 2 aliphatic rings. The van der Waals surface area contributed by atoms with E-state index in [2.05, 4.69) is 10.2 Å². The van der Waals surface area contributed by atoms with Crippen LogP contribution in [0.1, 0.15) is 29.2 Å². The molecule has 0 aliphatic carbocycles. The quantitative estimate of drug-likeness (QED) is 0.772. The number of hydrogen-bond acceptors (Lipinski definition) is 6. The number of likely N-dealkylation sites (tertiary alicyclic amines) is 1. The van der Waals surface area contributed by atoms with Crippen LogP contribution in [0.25, 0.3) is 0 Å². The minimum atomic E-state index is -3.24. The third-order valence-electron chi connectivity index (χ3n) is 4.52. The van der Waals surface area contributed by atoms with E-state index in [4.69, 9.17) is 9.15 Å². The van der Waals surface area contributed by atoms with Crippen LogP contribution in [0.4, 0.5) is 0 Å². The number of carbonyl (C=O) groups excluding carboxylic acids is 1. The molecule has 1 atom stereocenters. The van der Waals surface area contributed by atoms with Crippen molar-refractivity contribution in [1.29, 1.82) is 0 Å². The third kappa shape index (κ3) is 5.04. The number of ether oxygens (including phenoxy) is 1. The first-order valence-corrected chi connectivity index (χ1v) is 10.4. The second-order valence-electron chi connectivity index (χ2n) is 6.57. The molecule has 1 aromatic heterocycles. The van der Waals surface area contributed by atoms with Gasteiger partial charge in [-0.15, -0.1) is 0 Å². The van der Waals surface area contributed by atoms with Crippen molar-refractivity contribution in [2.75, 3.05) is 45.6 Å². The van der Waals surface area contributed by atoms with Gasteiger partial charge in [0, 0.05) is 19.6 Å². The molecular formula is C16H25N3O5S. The van der Waals surface area contributed by atoms with Crippen molar-refractivity contribution in [3.05, 3.63) is 23.7 Å². The SMILES string of the molecule is CS(=O)(=O)N1CCO[C@@H](CNC(=O)c2ccc(CN3CCCC3)o2)C1. The first kappa shape index (κ1) is 18.4. The molecule has 2 saturated heterocycles. The maximum Gasteiger partial charge on any atom is 0.287 e. The normalized spacial score (nSPS) is 23.0. The molecule has 8 nitrogen and oxygen atoms in total. The van der Waals surface area contributed by atoms with E-state index in [9.17, 15) is 13.2 Å². The second kappa shape index (κ2) is 7.86. The summed E-state index contributed by atoms with van der Waals surface area (Å²) in [7, 11) is -3.24. The Kier molecular flexibility index (Phi) is 5.78. The predicted octanol–water partition coefficient (Wildman–Crippen LogP) is 0.266. The average molecular weight is 371 g/mol. The largest absolute Gasteiger partial charge is 0.455 e. The van der Waals surface area contributed by atoms with Crippen molar-refractivity contribution in [2.24, 2.45) is 0 Å². The minimum Gasteiger partial charge on any atom is -0.455 e. The smallest absolute Gasteiger partial charge is 0.287 e. The zero-order valence-corrected chi connectivity index (χ0v) is 15.3. The maximum absolute atomic E-state index is 12.2. The highest BCUT2D eigenvalue weighted by molar-refractivity contribution is 7.88. The van der Waals surface area contributed by atoms with Gasteiger partial charge in [0.1, 0.15) is 5.76 Å². The summed E-state index contributed by atoms with van der Waals surface area (Å²) in [6.07, 6.45) is 3.24. The minimum absolute atomic E-state index is 0.243. The topological polar surface area (TPSA) is 92.1 Å². The fourth-order valence-corrected chi connectivity index (χ4v) is 4.00. The molecule has 3 rings (SSSR count). The van der Waals surface area contributed by atoms with Crippen LogP contribution in [-0.4, -0.2) is 75.2 Å². The van der Waals surface area contributed by atoms with Gasteiger partial charge in [-0.2, -0.15) is 4.31 Å². The molecule has 0 saturated carbocycles. The summed E-state index contributed by atoms with van der Waals surface area (Å²) >= 11 is 0. The van der Waals surface area contributed by atoms with Crippen LogP contribution < -0.4 is 5.32 Å². The van der Waals surface area contributed by atoms with E-state index >= 15 is 0 Å². The summed E-state index contributed by atoms with van der Waals surface area (Å²) in [6.45, 7) is 4.03. The van der Waals surface area contributed by atoms with E-state index in [1.807, 2.05) is 6.07 Å². The number of furan rings is 1. The molecule has 3 heterocycles. The molecule has 140 valence electrons. The molecule has 9 heteroatoms. The van der Waals surface area contributed by atoms with Crippen LogP contribution in [0.2, 0.25) is 0 Å². The Labute approximate surface area is 148 Å². The number of nitrogens with zero attached hydrogens (tertiary/aromatic N) is 2. The van der Waals surface area contributed by atoms with Gasteiger partial charge in [0.05, 0.1) is 25.5 Å². The van der Waals surface area contributed by atoms with E-state index in [1.165, 1.54) is 23.4 Å². The summed E-state index contributed by atoms with van der Waals surface area (Å²) in [5.74, 6) is 0.738. The summed E-state index contributed by atoms with van der Waals surface area (Å²) in [4.78, 5) is 14.5. The molecular weight excluding hydrogens is 346 g/mol. The standard InChI is InChI=1S/C16H25N3O5S/c1-25(21,22)19-8-9-23-14(12-19)10-17-16(20)15-5-4-13(24-15)11-18-6-2-3-7-18/h4-5,14H,2-3,6-12H2,1H3,(H,17,20)/t14-/m0/s1. The first-order valence-electron chi connectivity index (χ1n) is 8.58. The Balaban J connectivity index is 1.48. The van der Waals surface area contributed by atoms with Crippen LogP contribution in [0.3, 0.4) is 0 Å². The number of morpholine rings is 1. The predicted molar refractivity (Wildman–Crippen MR) is 91.7 cm³/mol. The molecule has 0 radical (unpaired) electrons. The summed E-state index contributed by atoms with van der Waals surface area (Å²) < 4.78 is 35.7. The van der Waals surface area contributed by atoms with Crippen molar-refractivity contribution in [2.45, 2.75) is 25.5 Å². The van der Waals surface area contributed by atoms with E-state index in [1.54, 1.807) is 6.07 Å². The lowest BCUT2D eigenvalue weighted by Gasteiger charge is -2.31. The van der Waals surface area contributed by atoms with Gasteiger partial charge in [-0.3, -0.25) is 9.69 Å². The van der Waals surface area contributed by atoms with E-state index in [0.717, 1.165) is 25.4 Å². The fourth-order valence-electron chi connectivity index (χ4n) is 3.16. The number of hydrogen-bond donors (Lipinski definition) is 1. The molecule has 0 unspecified atom stereocenters. The molecule has 25 heavy (non-hydrogen) atoms. The average Bonchev–Trinajstić information content (AvgIpc) is 3.24. The molecule has 0 spiro atoms. The molecule has 1 N–H and O–H groups in total. The maximum atomic E-state index is 12.2. The molecule has 1 amide bonds. The van der Waals surface area contributed by atoms with Gasteiger partial charge < -0.3 is 14.5 Å². The monoisotopic (exact) mass is 371 g/mol. The summed E-state index contributed by atoms with van der Waals surface area (Å²) in [5.41, 5.74) is 0. The highest BCUT2D eigenvalue weighted by Crippen LogP contribution is 2.15. The van der Waals surface area contributed by atoms with Crippen LogP contribution in [0.15, 0.2) is 16.5 Å². The van der Waals surface area contributed by atoms with Gasteiger partial charge in [0.15, 0.2) is 5.76 Å². The Morgan fingerprint density at radius 3 is 2.76 bits per heavy atom. The van der Waals surface area contributed by atoms with Gasteiger partial charge in [-0.1, -0.05) is 0 Å². The summed E-state index contributed by atoms with van der Waals surface area (Å²) in [6, 6.07) is 3.50. The van der Waals surface area contributed by atoms with Gasteiger partial charge in [-0.25, -0.2) is 8.42 Å². The van der Waals surface area contributed by atoms with E-state index < -0.39 is 10.0 Å². The van der Waals surface area contributed by atoms with E-state index in [-0.39, 0.29) is 30.9 Å². The number of rotatable bonds is 6. The Morgan fingerprint density at radius 2 is 2.04 bits per heavy atom. The first-order chi connectivity index (χ1) is 11.9. The Hall–Kier alpha value is -1.42. The van der Waals surface area contributed by atoms with Crippen LogP contribution >= 0.6 is 0 Å². The second-order valence-corrected chi connectivity index (χ2v) is 8.56. The number of nitrogens with one attached hydrogen (secondary N) is 1. The Bertz CT molecular complexity index is 696. The number of amides is 1. The lowest BCUT2D eigenvalue weighted by Crippen LogP contribution is -2.49. The zero-order chi connectivity index (χ0) is 17.9. The highest BCUT2D eigenvalue weighted by Gasteiger charge is 2.27. The molecule has 0 aromatic carbocycles. The van der Waals surface area contributed by atoms with Crippen molar-refractivity contribution in [3.63, 3.8) is 0 Å². The zero-order valence-electron chi connectivity index (χ0n) is 14.4. The highest BCUT2D eigenvalue weighted by atomic mass is 32.2. The molecule has 1 aromatic rings. The lowest BCUT2D eigenvalue weighted by molar-refractivity contribution is 0.000295. The van der Waals surface area contributed by atoms with Crippen LogP contribution in [0.5, 0.6) is 0 Å². The molecule has 2 aliphatic heterocycles. The molecule has 0 bridgehead atoms. The van der Waals surface area contributed by atoms with Crippen LogP contribution in [0, 0.1) is 0 Å². The molecule has 2 fully saturated rings. The lowest BCUT2D eigenvalue weighted by atomic mass is 10.3. The van der Waals surface area contributed by atoms with Gasteiger partial charge in [-0.05, 0) is 38.1 Å². The summed E-state index contributed by atoms with van der Waals surface area (Å²) in [5, 5.41) is 2.75. The fraction of sp³-hybridized carbons (Fsp3) is 0.688. The van der Waals surface area contributed by atoms with Gasteiger partial charge >= 0.3 is 0 Å². The van der Waals surface area contributed by atoms with Crippen LogP contribution in [-0.2, 0) is 21.3 Å². The Morgan fingerprint density at radius 1 is 1.28 bits per heavy atom. The van der Waals surface area contributed by atoms with Gasteiger partial charge in [0.2, 0.25) is 10.0 Å². The number of sulfonamides is 1. The third-order valence-corrected chi connectivity index (χ3v) is 5.79. The number of carbonyl (C=O) groups is 1. The van der Waals surface area contributed by atoms with Gasteiger partial charge in [0.25, 0.3) is 5.91 Å². The van der Waals surface area contributed by atoms with Crippen molar-refractivity contribution in [1.82, 2.24) is 14.5 Å². The van der Waals surface area contributed by atoms with Crippen molar-refractivity contribution >= 4 is 15.9 Å². The van der Waals surface area contributed by atoms with Crippen molar-refractivity contribution in [3.8, 4) is 0 Å². The van der Waals surface area contributed by atoms with E-state index in [0.29, 0.717) is 13.2 Å².